The fraction of sp³-hybridized carbons (Fsp3) is 0.208. The minimum absolute atomic E-state index is 0.157. The lowest BCUT2D eigenvalue weighted by Gasteiger charge is -2.16. The summed E-state index contributed by atoms with van der Waals surface area (Å²) in [5, 5.41) is 0. The van der Waals surface area contributed by atoms with E-state index >= 15 is 0 Å². The topological polar surface area (TPSA) is 26.3 Å². The second kappa shape index (κ2) is 8.45. The van der Waals surface area contributed by atoms with Gasteiger partial charge in [-0.25, -0.2) is 0 Å². The third-order valence-corrected chi connectivity index (χ3v) is 6.33. The first kappa shape index (κ1) is 19.2. The molecule has 0 heterocycles. The van der Waals surface area contributed by atoms with E-state index in [-0.39, 0.29) is 16.9 Å². The van der Waals surface area contributed by atoms with Gasteiger partial charge in [0.1, 0.15) is 6.61 Å². The quantitative estimate of drug-likeness (QED) is 0.410. The van der Waals surface area contributed by atoms with Crippen molar-refractivity contribution in [3.8, 4) is 0 Å². The largest absolute Gasteiger partial charge is 0.460 e. The van der Waals surface area contributed by atoms with E-state index in [2.05, 4.69) is 72.8 Å². The van der Waals surface area contributed by atoms with Crippen LogP contribution in [-0.4, -0.2) is 5.97 Å². The molecule has 0 amide bonds. The third-order valence-electron chi connectivity index (χ3n) is 4.10. The predicted molar refractivity (Wildman–Crippen MR) is 111 cm³/mol. The van der Waals surface area contributed by atoms with Crippen molar-refractivity contribution in [2.24, 2.45) is 5.41 Å². The highest BCUT2D eigenvalue weighted by Gasteiger charge is 2.28. The number of carbonyl (C=O) groups is 1. The van der Waals surface area contributed by atoms with Crippen LogP contribution in [0.5, 0.6) is 0 Å². The first-order valence-corrected chi connectivity index (χ1v) is 10.3. The summed E-state index contributed by atoms with van der Waals surface area (Å²) in [4.78, 5) is 15.8. The van der Waals surface area contributed by atoms with Gasteiger partial charge >= 0.3 is 5.97 Å². The molecule has 0 bridgehead atoms. The number of benzene rings is 3. The molecule has 0 spiro atoms. The maximum absolute atomic E-state index is 12.0. The maximum atomic E-state index is 12.0. The van der Waals surface area contributed by atoms with E-state index in [1.807, 2.05) is 32.9 Å². The molecule has 0 aliphatic rings. The molecule has 0 radical (unpaired) electrons. The summed E-state index contributed by atoms with van der Waals surface area (Å²) in [7, 11) is -0.157. The molecular weight excluding hydrogens is 352 g/mol. The fourth-order valence-electron chi connectivity index (χ4n) is 2.61. The molecule has 0 N–H and O–H groups in total. The van der Waals surface area contributed by atoms with Crippen molar-refractivity contribution in [1.82, 2.24) is 0 Å². The van der Waals surface area contributed by atoms with Crippen molar-refractivity contribution < 1.29 is 9.53 Å². The van der Waals surface area contributed by atoms with Gasteiger partial charge in [-0.05, 0) is 62.7 Å². The Balaban J connectivity index is 1.83. The van der Waals surface area contributed by atoms with Crippen molar-refractivity contribution in [3.05, 3.63) is 90.5 Å². The van der Waals surface area contributed by atoms with Crippen LogP contribution in [0.3, 0.4) is 0 Å². The fourth-order valence-corrected chi connectivity index (χ4v) is 4.69. The molecule has 3 heteroatoms. The number of ether oxygens (including phenoxy) is 1. The first-order valence-electron chi connectivity index (χ1n) is 9.06. The molecule has 0 atom stereocenters. The van der Waals surface area contributed by atoms with Gasteiger partial charge < -0.3 is 4.74 Å². The standard InChI is InChI=1S/C24H25O2S/c1-24(2,3)23(25)26-18-19-14-16-22(17-15-19)27(20-10-6-4-7-11-20)21-12-8-5-9-13-21/h4-17H,18H2,1-3H3/q+1. The van der Waals surface area contributed by atoms with Gasteiger partial charge in [0, 0.05) is 0 Å². The second-order valence-electron chi connectivity index (χ2n) is 7.40. The molecule has 0 saturated carbocycles. The Labute approximate surface area is 164 Å². The van der Waals surface area contributed by atoms with Crippen LogP contribution in [0, 0.1) is 5.41 Å². The maximum Gasteiger partial charge on any atom is 0.311 e. The van der Waals surface area contributed by atoms with Crippen molar-refractivity contribution in [3.63, 3.8) is 0 Å². The molecule has 0 fully saturated rings. The molecule has 138 valence electrons. The van der Waals surface area contributed by atoms with Crippen LogP contribution >= 0.6 is 0 Å². The predicted octanol–water partition coefficient (Wildman–Crippen LogP) is 5.87. The van der Waals surface area contributed by atoms with Gasteiger partial charge in [0.05, 0.1) is 16.3 Å². The summed E-state index contributed by atoms with van der Waals surface area (Å²) in [6.07, 6.45) is 0. The number of hydrogen-bond acceptors (Lipinski definition) is 2. The Kier molecular flexibility index (Phi) is 6.02. The normalized spacial score (nSPS) is 11.4. The Bertz CT molecular complexity index is 826. The molecule has 0 unspecified atom stereocenters. The lowest BCUT2D eigenvalue weighted by atomic mass is 9.97. The zero-order valence-corrected chi connectivity index (χ0v) is 16.8. The third kappa shape index (κ3) is 5.01. The van der Waals surface area contributed by atoms with E-state index in [1.165, 1.54) is 14.7 Å². The van der Waals surface area contributed by atoms with E-state index in [1.54, 1.807) is 0 Å². The molecule has 27 heavy (non-hydrogen) atoms. The van der Waals surface area contributed by atoms with E-state index in [4.69, 9.17) is 4.74 Å². The smallest absolute Gasteiger partial charge is 0.311 e. The van der Waals surface area contributed by atoms with Gasteiger partial charge in [0.15, 0.2) is 14.7 Å². The lowest BCUT2D eigenvalue weighted by molar-refractivity contribution is -0.154. The molecule has 3 aromatic rings. The van der Waals surface area contributed by atoms with Gasteiger partial charge in [-0.15, -0.1) is 0 Å². The van der Waals surface area contributed by atoms with Gasteiger partial charge in [-0.2, -0.15) is 0 Å². The number of carbonyl (C=O) groups excluding carboxylic acids is 1. The molecular formula is C24H25O2S+. The number of hydrogen-bond donors (Lipinski definition) is 0. The number of esters is 1. The van der Waals surface area contributed by atoms with Crippen LogP contribution in [0.4, 0.5) is 0 Å². The van der Waals surface area contributed by atoms with Crippen LogP contribution in [-0.2, 0) is 27.0 Å². The lowest BCUT2D eigenvalue weighted by Crippen LogP contribution is -2.22. The van der Waals surface area contributed by atoms with Crippen LogP contribution in [0.15, 0.2) is 99.6 Å². The molecule has 3 rings (SSSR count). The monoisotopic (exact) mass is 377 g/mol. The Morgan fingerprint density at radius 2 is 1.19 bits per heavy atom. The minimum atomic E-state index is -0.479. The molecule has 0 aromatic heterocycles. The Morgan fingerprint density at radius 1 is 0.741 bits per heavy atom. The zero-order chi connectivity index (χ0) is 19.3. The first-order chi connectivity index (χ1) is 12.9. The van der Waals surface area contributed by atoms with Gasteiger partial charge in [-0.1, -0.05) is 48.5 Å². The molecule has 0 saturated heterocycles. The van der Waals surface area contributed by atoms with Gasteiger partial charge in [0.2, 0.25) is 0 Å². The summed E-state index contributed by atoms with van der Waals surface area (Å²) in [5.74, 6) is -0.181. The van der Waals surface area contributed by atoms with Crippen LogP contribution < -0.4 is 0 Å². The average Bonchev–Trinajstić information content (AvgIpc) is 2.68. The van der Waals surface area contributed by atoms with Gasteiger partial charge in [0.25, 0.3) is 0 Å². The zero-order valence-electron chi connectivity index (χ0n) is 16.0. The highest BCUT2D eigenvalue weighted by molar-refractivity contribution is 7.97. The summed E-state index contributed by atoms with van der Waals surface area (Å²) in [6, 6.07) is 29.5. The van der Waals surface area contributed by atoms with Crippen LogP contribution in [0.2, 0.25) is 0 Å². The van der Waals surface area contributed by atoms with Crippen molar-refractivity contribution >= 4 is 16.9 Å². The highest BCUT2D eigenvalue weighted by atomic mass is 32.2. The SMILES string of the molecule is CC(C)(C)C(=O)OCc1ccc([S+](c2ccccc2)c2ccccc2)cc1. The van der Waals surface area contributed by atoms with Crippen LogP contribution in [0.1, 0.15) is 26.3 Å². The Morgan fingerprint density at radius 3 is 1.63 bits per heavy atom. The summed E-state index contributed by atoms with van der Waals surface area (Å²) in [5.41, 5.74) is 0.522. The van der Waals surface area contributed by atoms with Crippen molar-refractivity contribution in [2.75, 3.05) is 0 Å². The summed E-state index contributed by atoms with van der Waals surface area (Å²) in [6.45, 7) is 5.90. The molecule has 3 aromatic carbocycles. The van der Waals surface area contributed by atoms with E-state index in [0.29, 0.717) is 6.61 Å². The van der Waals surface area contributed by atoms with Crippen LogP contribution in [0.25, 0.3) is 0 Å². The van der Waals surface area contributed by atoms with Gasteiger partial charge in [-0.3, -0.25) is 4.79 Å². The van der Waals surface area contributed by atoms with E-state index < -0.39 is 5.41 Å². The molecule has 0 aliphatic carbocycles. The summed E-state index contributed by atoms with van der Waals surface area (Å²) >= 11 is 0. The second-order valence-corrected chi connectivity index (χ2v) is 9.43. The molecule has 0 aliphatic heterocycles. The highest BCUT2D eigenvalue weighted by Crippen LogP contribution is 2.31. The van der Waals surface area contributed by atoms with Crippen molar-refractivity contribution in [1.29, 1.82) is 0 Å². The average molecular weight is 378 g/mol. The minimum Gasteiger partial charge on any atom is -0.460 e. The van der Waals surface area contributed by atoms with E-state index in [9.17, 15) is 4.79 Å². The summed E-state index contributed by atoms with van der Waals surface area (Å²) < 4.78 is 5.43. The molecule has 2 nitrogen and oxygen atoms in total. The number of rotatable bonds is 5. The van der Waals surface area contributed by atoms with E-state index in [0.717, 1.165) is 5.56 Å². The Hall–Kier alpha value is -2.52. The van der Waals surface area contributed by atoms with Crippen molar-refractivity contribution in [2.45, 2.75) is 42.1 Å².